The van der Waals surface area contributed by atoms with Crippen molar-refractivity contribution in [3.8, 4) is 0 Å². The van der Waals surface area contributed by atoms with Gasteiger partial charge in [-0.1, -0.05) is 0 Å². The second-order valence-electron chi connectivity index (χ2n) is 3.36. The smallest absolute Gasteiger partial charge is 0.230 e. The van der Waals surface area contributed by atoms with E-state index in [1.165, 1.54) is 12.8 Å². The Balaban J connectivity index is 1.93. The Bertz CT molecular complexity index is 267. The molecule has 1 aliphatic carbocycles. The van der Waals surface area contributed by atoms with E-state index in [1.807, 2.05) is 6.92 Å². The lowest BCUT2D eigenvalue weighted by molar-refractivity contribution is 0.277. The zero-order valence-corrected chi connectivity index (χ0v) is 7.45. The fraction of sp³-hybridized carbons (Fsp3) is 0.750. The van der Waals surface area contributed by atoms with Crippen LogP contribution in [0, 0.1) is 6.92 Å². The lowest BCUT2D eigenvalue weighted by Gasteiger charge is -2.11. The monoisotopic (exact) mass is 167 g/mol. The van der Waals surface area contributed by atoms with E-state index in [1.54, 1.807) is 0 Å². The summed E-state index contributed by atoms with van der Waals surface area (Å²) in [6, 6.07) is 0.747. The standard InChI is InChI=1S/C8H13N3O/c1-6-9-10-8(12-6)5-11(2)7-3-4-7/h7H,3-5H2,1-2H3. The summed E-state index contributed by atoms with van der Waals surface area (Å²) in [5.74, 6) is 1.37. The molecule has 12 heavy (non-hydrogen) atoms. The molecule has 0 radical (unpaired) electrons. The molecule has 0 amide bonds. The van der Waals surface area contributed by atoms with E-state index in [2.05, 4.69) is 22.1 Å². The highest BCUT2D eigenvalue weighted by Gasteiger charge is 2.26. The van der Waals surface area contributed by atoms with Crippen molar-refractivity contribution in [3.63, 3.8) is 0 Å². The first-order valence-corrected chi connectivity index (χ1v) is 4.25. The third-order valence-corrected chi connectivity index (χ3v) is 2.12. The van der Waals surface area contributed by atoms with Crippen LogP contribution >= 0.6 is 0 Å². The SMILES string of the molecule is Cc1nnc(CN(C)C2CC2)o1. The molecule has 0 N–H and O–H groups in total. The average Bonchev–Trinajstić information content (AvgIpc) is 2.78. The quantitative estimate of drug-likeness (QED) is 0.672. The van der Waals surface area contributed by atoms with Crippen LogP contribution in [0.25, 0.3) is 0 Å². The summed E-state index contributed by atoms with van der Waals surface area (Å²) in [6.07, 6.45) is 2.62. The molecule has 1 aromatic heterocycles. The molecule has 0 unspecified atom stereocenters. The van der Waals surface area contributed by atoms with Crippen LogP contribution in [-0.4, -0.2) is 28.2 Å². The fourth-order valence-corrected chi connectivity index (χ4v) is 1.26. The molecule has 0 saturated heterocycles. The maximum Gasteiger partial charge on any atom is 0.230 e. The van der Waals surface area contributed by atoms with E-state index in [0.717, 1.165) is 18.5 Å². The van der Waals surface area contributed by atoms with Crippen LogP contribution in [0.5, 0.6) is 0 Å². The van der Waals surface area contributed by atoms with Gasteiger partial charge in [0.15, 0.2) is 0 Å². The van der Waals surface area contributed by atoms with Gasteiger partial charge < -0.3 is 4.42 Å². The minimum absolute atomic E-state index is 0.647. The first kappa shape index (κ1) is 7.73. The van der Waals surface area contributed by atoms with E-state index in [4.69, 9.17) is 4.42 Å². The van der Waals surface area contributed by atoms with Crippen LogP contribution < -0.4 is 0 Å². The third-order valence-electron chi connectivity index (χ3n) is 2.12. The highest BCUT2D eigenvalue weighted by molar-refractivity contribution is 4.86. The van der Waals surface area contributed by atoms with E-state index in [0.29, 0.717) is 5.89 Å². The van der Waals surface area contributed by atoms with E-state index in [-0.39, 0.29) is 0 Å². The Kier molecular flexibility index (Phi) is 1.84. The van der Waals surface area contributed by atoms with Gasteiger partial charge in [0, 0.05) is 13.0 Å². The van der Waals surface area contributed by atoms with Gasteiger partial charge in [-0.05, 0) is 19.9 Å². The van der Waals surface area contributed by atoms with Crippen LogP contribution in [0.1, 0.15) is 24.6 Å². The zero-order valence-electron chi connectivity index (χ0n) is 7.45. The molecule has 66 valence electrons. The van der Waals surface area contributed by atoms with Crippen molar-refractivity contribution in [2.45, 2.75) is 32.4 Å². The Morgan fingerprint density at radius 2 is 2.25 bits per heavy atom. The van der Waals surface area contributed by atoms with Crippen LogP contribution in [0.2, 0.25) is 0 Å². The fourth-order valence-electron chi connectivity index (χ4n) is 1.26. The average molecular weight is 167 g/mol. The predicted octanol–water partition coefficient (Wildman–Crippen LogP) is 0.972. The summed E-state index contributed by atoms with van der Waals surface area (Å²) in [5.41, 5.74) is 0. The Morgan fingerprint density at radius 1 is 1.50 bits per heavy atom. The predicted molar refractivity (Wildman–Crippen MR) is 43.5 cm³/mol. The molecule has 1 aliphatic rings. The Morgan fingerprint density at radius 3 is 2.75 bits per heavy atom. The normalized spacial score (nSPS) is 17.2. The van der Waals surface area contributed by atoms with Gasteiger partial charge in [-0.25, -0.2) is 0 Å². The molecule has 0 spiro atoms. The number of aromatic nitrogens is 2. The van der Waals surface area contributed by atoms with Crippen LogP contribution in [0.4, 0.5) is 0 Å². The van der Waals surface area contributed by atoms with Gasteiger partial charge in [0.25, 0.3) is 0 Å². The number of rotatable bonds is 3. The van der Waals surface area contributed by atoms with Gasteiger partial charge in [0.1, 0.15) is 0 Å². The molecule has 1 heterocycles. The summed E-state index contributed by atoms with van der Waals surface area (Å²) in [7, 11) is 2.09. The summed E-state index contributed by atoms with van der Waals surface area (Å²) in [4.78, 5) is 2.26. The minimum atomic E-state index is 0.647. The minimum Gasteiger partial charge on any atom is -0.424 e. The van der Waals surface area contributed by atoms with E-state index >= 15 is 0 Å². The topological polar surface area (TPSA) is 42.2 Å². The molecular formula is C8H13N3O. The van der Waals surface area contributed by atoms with Gasteiger partial charge in [-0.3, -0.25) is 4.90 Å². The van der Waals surface area contributed by atoms with Gasteiger partial charge in [-0.2, -0.15) is 0 Å². The molecular weight excluding hydrogens is 154 g/mol. The largest absolute Gasteiger partial charge is 0.424 e. The second kappa shape index (κ2) is 2.86. The second-order valence-corrected chi connectivity index (χ2v) is 3.36. The van der Waals surface area contributed by atoms with Crippen molar-refractivity contribution in [2.24, 2.45) is 0 Å². The summed E-state index contributed by atoms with van der Waals surface area (Å²) < 4.78 is 5.27. The lowest BCUT2D eigenvalue weighted by Crippen LogP contribution is -2.20. The van der Waals surface area contributed by atoms with Gasteiger partial charge in [-0.15, -0.1) is 10.2 Å². The Labute approximate surface area is 71.6 Å². The number of aryl methyl sites for hydroxylation is 1. The lowest BCUT2D eigenvalue weighted by atomic mass is 10.5. The zero-order chi connectivity index (χ0) is 8.55. The molecule has 1 fully saturated rings. The Hall–Kier alpha value is -0.900. The van der Waals surface area contributed by atoms with Gasteiger partial charge in [0.2, 0.25) is 11.8 Å². The number of nitrogens with zero attached hydrogens (tertiary/aromatic N) is 3. The van der Waals surface area contributed by atoms with Crippen LogP contribution in [-0.2, 0) is 6.54 Å². The molecule has 2 rings (SSSR count). The van der Waals surface area contributed by atoms with Crippen molar-refractivity contribution < 1.29 is 4.42 Å². The van der Waals surface area contributed by atoms with Crippen molar-refractivity contribution >= 4 is 0 Å². The molecule has 0 aliphatic heterocycles. The van der Waals surface area contributed by atoms with Crippen molar-refractivity contribution in [1.82, 2.24) is 15.1 Å². The van der Waals surface area contributed by atoms with Crippen molar-refractivity contribution in [1.29, 1.82) is 0 Å². The highest BCUT2D eigenvalue weighted by atomic mass is 16.4. The first-order valence-electron chi connectivity index (χ1n) is 4.25. The highest BCUT2D eigenvalue weighted by Crippen LogP contribution is 2.26. The number of hydrogen-bond donors (Lipinski definition) is 0. The van der Waals surface area contributed by atoms with Gasteiger partial charge in [0.05, 0.1) is 6.54 Å². The van der Waals surface area contributed by atoms with E-state index < -0.39 is 0 Å². The maximum atomic E-state index is 5.27. The third kappa shape index (κ3) is 1.64. The van der Waals surface area contributed by atoms with Crippen molar-refractivity contribution in [2.75, 3.05) is 7.05 Å². The number of hydrogen-bond acceptors (Lipinski definition) is 4. The first-order chi connectivity index (χ1) is 5.75. The van der Waals surface area contributed by atoms with Gasteiger partial charge >= 0.3 is 0 Å². The molecule has 0 atom stereocenters. The molecule has 4 nitrogen and oxygen atoms in total. The molecule has 1 saturated carbocycles. The molecule has 0 aromatic carbocycles. The summed E-state index contributed by atoms with van der Waals surface area (Å²) >= 11 is 0. The summed E-state index contributed by atoms with van der Waals surface area (Å²) in [5, 5.41) is 7.71. The molecule has 1 aromatic rings. The van der Waals surface area contributed by atoms with Crippen LogP contribution in [0.3, 0.4) is 0 Å². The van der Waals surface area contributed by atoms with E-state index in [9.17, 15) is 0 Å². The molecule has 0 bridgehead atoms. The van der Waals surface area contributed by atoms with Crippen LogP contribution in [0.15, 0.2) is 4.42 Å². The van der Waals surface area contributed by atoms with Crippen molar-refractivity contribution in [3.05, 3.63) is 11.8 Å². The summed E-state index contributed by atoms with van der Waals surface area (Å²) in [6.45, 7) is 2.60. The molecule has 4 heteroatoms. The maximum absolute atomic E-state index is 5.27.